The average molecular weight is 925 g/mol. The number of hydrogen-bond donors (Lipinski definition) is 4. The first-order chi connectivity index (χ1) is 31.7. The van der Waals surface area contributed by atoms with E-state index in [0.29, 0.717) is 19.3 Å². The second-order valence-corrected chi connectivity index (χ2v) is 15.4. The van der Waals surface area contributed by atoms with Crippen LogP contribution in [0.4, 0.5) is 0 Å². The molecule has 0 saturated carbocycles. The predicted octanol–water partition coefficient (Wildman–Crippen LogP) is 8.77. The van der Waals surface area contributed by atoms with Gasteiger partial charge in [0.1, 0.15) is 5.92 Å². The first kappa shape index (κ1) is 58.4. The summed E-state index contributed by atoms with van der Waals surface area (Å²) in [7, 11) is 0. The summed E-state index contributed by atoms with van der Waals surface area (Å²) in [4.78, 5) is 82.0. The minimum atomic E-state index is -1.14. The second kappa shape index (κ2) is 36.8. The molecule has 0 saturated heterocycles. The number of carbonyl (C=O) groups is 6. The molecule has 6 N–H and O–H groups in total. The third-order valence-corrected chi connectivity index (χ3v) is 9.24. The lowest BCUT2D eigenvalue weighted by Gasteiger charge is -2.31. The predicted molar refractivity (Wildman–Crippen MR) is 288 cm³/mol. The molecule has 376 valence electrons. The summed E-state index contributed by atoms with van der Waals surface area (Å²) in [5.74, 6) is 47.0. The highest BCUT2D eigenvalue weighted by Gasteiger charge is 2.34. The highest BCUT2D eigenvalue weighted by atomic mass is 16.7. The normalized spacial score (nSPS) is 11.0. The van der Waals surface area contributed by atoms with E-state index in [0.717, 1.165) is 24.8 Å². The van der Waals surface area contributed by atoms with Crippen molar-refractivity contribution in [1.82, 2.24) is 10.6 Å². The molecule has 0 aliphatic rings. The third kappa shape index (κ3) is 28.9. The van der Waals surface area contributed by atoms with Crippen LogP contribution in [0.1, 0.15) is 147 Å². The Balaban J connectivity index is -0.0000000598. The topological polar surface area (TPSA) is 197 Å². The Morgan fingerprint density at radius 1 is 0.621 bits per heavy atom. The summed E-state index contributed by atoms with van der Waals surface area (Å²) in [6.45, 7) is 11.4. The van der Waals surface area contributed by atoms with E-state index in [1.54, 1.807) is 13.8 Å². The van der Waals surface area contributed by atoms with E-state index in [-0.39, 0.29) is 58.6 Å². The zero-order valence-electron chi connectivity index (χ0n) is 38.9. The molecular formula is C54H92N4O8. The summed E-state index contributed by atoms with van der Waals surface area (Å²) >= 11 is 0. The molecule has 0 aliphatic heterocycles. The van der Waals surface area contributed by atoms with Crippen molar-refractivity contribution < 1.29 is 61.3 Å². The van der Waals surface area contributed by atoms with Crippen LogP contribution in [0.25, 0.3) is 0 Å². The third-order valence-electron chi connectivity index (χ3n) is 9.24. The van der Waals surface area contributed by atoms with Crippen molar-refractivity contribution in [2.75, 3.05) is 0 Å². The van der Waals surface area contributed by atoms with Gasteiger partial charge in [-0.25, -0.2) is 0 Å². The van der Waals surface area contributed by atoms with E-state index >= 15 is 0 Å². The molecule has 0 spiro atoms. The van der Waals surface area contributed by atoms with Crippen LogP contribution in [0, 0.1) is 124 Å². The fraction of sp³-hybridized carbons (Fsp3) is 0.444. The largest absolute Gasteiger partial charge is 0.373 e. The van der Waals surface area contributed by atoms with Gasteiger partial charge in [-0.1, -0.05) is 123 Å². The smallest absolute Gasteiger partial charge is 0.326 e. The van der Waals surface area contributed by atoms with E-state index in [9.17, 15) is 28.8 Å². The van der Waals surface area contributed by atoms with Gasteiger partial charge < -0.3 is 20.3 Å². The SMILES string of the molecule is C#CC#CC#CC#CC#CC#CC#CC#CC#C[C@H](CC(=O)ON)C(=O)N[C@@H](Cc1ccccc1)C(=O)CC.CCCCCCCCC[C@H](CC(=O)ON)C(=O)N[C@H](C(=O)CC)C(C)(C)C.[HH].[HH].[HH].[HH].[HH].[HH].[HH].[HH].[HH].[HH].[HH].[HH].[HH].[HH].[HH].[HH]. The molecule has 0 heterocycles. The van der Waals surface area contributed by atoms with Crippen molar-refractivity contribution in [3.8, 4) is 107 Å². The van der Waals surface area contributed by atoms with Crippen LogP contribution in [-0.4, -0.2) is 47.4 Å². The first-order valence-corrected chi connectivity index (χ1v) is 21.6. The molecular weight excluding hydrogens is 833 g/mol. The average Bonchev–Trinajstić information content (AvgIpc) is 3.31. The Morgan fingerprint density at radius 2 is 1.09 bits per heavy atom. The molecule has 2 amide bonds. The van der Waals surface area contributed by atoms with Crippen LogP contribution in [0.15, 0.2) is 30.3 Å². The fourth-order valence-corrected chi connectivity index (χ4v) is 5.77. The summed E-state index contributed by atoms with van der Waals surface area (Å²) < 4.78 is 0. The first-order valence-electron chi connectivity index (χ1n) is 21.6. The van der Waals surface area contributed by atoms with Gasteiger partial charge in [-0.05, 0) is 119 Å². The number of nitrogens with two attached hydrogens (primary N) is 2. The monoisotopic (exact) mass is 925 g/mol. The lowest BCUT2D eigenvalue weighted by Crippen LogP contribution is -2.51. The number of terminal acetylenes is 1. The van der Waals surface area contributed by atoms with E-state index in [2.05, 4.69) is 128 Å². The Labute approximate surface area is 416 Å². The van der Waals surface area contributed by atoms with Crippen LogP contribution in [-0.2, 0) is 44.9 Å². The number of nitrogens with one attached hydrogen (secondary N) is 2. The van der Waals surface area contributed by atoms with E-state index in [1.165, 1.54) is 25.7 Å². The summed E-state index contributed by atoms with van der Waals surface area (Å²) in [5, 5.41) is 5.54. The summed E-state index contributed by atoms with van der Waals surface area (Å²) in [5.41, 5.74) is 0.484. The van der Waals surface area contributed by atoms with Crippen molar-refractivity contribution >= 4 is 35.3 Å². The van der Waals surface area contributed by atoms with E-state index in [4.69, 9.17) is 18.2 Å². The maximum atomic E-state index is 12.9. The Kier molecular flexibility index (Phi) is 32.6. The van der Waals surface area contributed by atoms with Gasteiger partial charge in [0, 0.05) is 41.6 Å². The number of rotatable bonds is 22. The molecule has 4 atom stereocenters. The number of benzene rings is 1. The van der Waals surface area contributed by atoms with Gasteiger partial charge in [-0.2, -0.15) is 11.8 Å². The molecule has 0 aliphatic carbocycles. The molecule has 0 unspecified atom stereocenters. The standard InChI is InChI=1S/C33H20N2O4.C21H40N2O4.16H2/c1-3-5-6-7-8-9-10-11-12-13-14-15-16-17-18-22-25-29(27-32(37)39-34)33(38)35-30(31(36)4-2)26-28-23-20-19-21-24-28;1-6-8-9-10-11-12-13-14-16(15-18(25)27-22)20(26)23-19(17(24)7-2)21(3,4)5;;;;;;;;;;;;;;;;/h1,19-21,23-24,29-30H,4,26-27,34H2,2H3,(H,35,38);16,19H,6-15,22H2,1-5H3,(H,23,26);16*1H/t29-,30+;16-,19-;;;;;;;;;;;;;;;;/m11................/s1. The number of Topliss-reactive ketones (excluding diaryl/α,β-unsaturated/α-hetero) is 2. The van der Waals surface area contributed by atoms with Crippen molar-refractivity contribution in [1.29, 1.82) is 0 Å². The molecule has 0 bridgehead atoms. The number of carbonyl (C=O) groups excluding carboxylic acids is 6. The van der Waals surface area contributed by atoms with Crippen LogP contribution >= 0.6 is 0 Å². The molecule has 1 aromatic carbocycles. The highest BCUT2D eigenvalue weighted by Crippen LogP contribution is 2.23. The van der Waals surface area contributed by atoms with Crippen LogP contribution in [0.3, 0.4) is 0 Å². The Hall–Kier alpha value is -7.60. The van der Waals surface area contributed by atoms with Gasteiger partial charge in [0.05, 0.1) is 24.9 Å². The zero-order valence-corrected chi connectivity index (χ0v) is 38.9. The maximum Gasteiger partial charge on any atom is 0.326 e. The fourth-order valence-electron chi connectivity index (χ4n) is 5.77. The van der Waals surface area contributed by atoms with Crippen molar-refractivity contribution in [2.45, 2.75) is 137 Å². The van der Waals surface area contributed by atoms with Gasteiger partial charge in [0.25, 0.3) is 0 Å². The summed E-state index contributed by atoms with van der Waals surface area (Å²) in [6, 6.07) is 7.88. The number of unbranched alkanes of at least 4 members (excludes halogenated alkanes) is 6. The lowest BCUT2D eigenvalue weighted by atomic mass is 9.82. The molecule has 0 aromatic heterocycles. The number of amides is 2. The zero-order chi connectivity index (χ0) is 49.4. The molecule has 1 aromatic rings. The van der Waals surface area contributed by atoms with Gasteiger partial charge in [0.15, 0.2) is 11.6 Å². The van der Waals surface area contributed by atoms with Crippen molar-refractivity contribution in [3.63, 3.8) is 0 Å². The summed E-state index contributed by atoms with van der Waals surface area (Å²) in [6.07, 6.45) is 13.9. The van der Waals surface area contributed by atoms with Gasteiger partial charge in [-0.3, -0.25) is 28.8 Å². The van der Waals surface area contributed by atoms with Crippen LogP contribution in [0.2, 0.25) is 0 Å². The number of hydrogen-bond acceptors (Lipinski definition) is 10. The van der Waals surface area contributed by atoms with Crippen LogP contribution in [0.5, 0.6) is 0 Å². The van der Waals surface area contributed by atoms with E-state index < -0.39 is 48.2 Å². The van der Waals surface area contributed by atoms with Gasteiger partial charge in [-0.15, -0.1) is 6.42 Å². The Bertz CT molecular complexity index is 2410. The molecule has 0 fully saturated rings. The van der Waals surface area contributed by atoms with Crippen molar-refractivity contribution in [3.05, 3.63) is 35.9 Å². The Morgan fingerprint density at radius 3 is 1.56 bits per heavy atom. The second-order valence-electron chi connectivity index (χ2n) is 15.4. The number of ketones is 2. The molecule has 0 radical (unpaired) electrons. The minimum Gasteiger partial charge on any atom is -0.373 e. The highest BCUT2D eigenvalue weighted by molar-refractivity contribution is 5.93. The van der Waals surface area contributed by atoms with Gasteiger partial charge in [0.2, 0.25) is 11.8 Å². The molecule has 12 nitrogen and oxygen atoms in total. The molecule has 66 heavy (non-hydrogen) atoms. The minimum absolute atomic E-state index is 0. The lowest BCUT2D eigenvalue weighted by molar-refractivity contribution is -0.148. The quantitative estimate of drug-likeness (QED) is 0.0496. The van der Waals surface area contributed by atoms with Gasteiger partial charge >= 0.3 is 11.9 Å². The van der Waals surface area contributed by atoms with Crippen molar-refractivity contribution in [2.24, 2.45) is 29.0 Å². The maximum absolute atomic E-state index is 12.9. The molecule has 12 heteroatoms. The molecule has 1 rings (SSSR count). The van der Waals surface area contributed by atoms with E-state index in [1.807, 2.05) is 51.1 Å². The van der Waals surface area contributed by atoms with Crippen LogP contribution < -0.4 is 22.4 Å².